The molecule has 0 radical (unpaired) electrons. The van der Waals surface area contributed by atoms with Crippen LogP contribution < -0.4 is 15.8 Å². The van der Waals surface area contributed by atoms with E-state index in [0.29, 0.717) is 6.54 Å². The number of nitrogens with one attached hydrogen (secondary N) is 1. The highest BCUT2D eigenvalue weighted by molar-refractivity contribution is 5.78. The van der Waals surface area contributed by atoms with Crippen molar-refractivity contribution < 1.29 is 23.0 Å². The Labute approximate surface area is 132 Å². The first-order valence-corrected chi connectivity index (χ1v) is 6.84. The number of benzene rings is 1. The molecule has 23 heavy (non-hydrogen) atoms. The van der Waals surface area contributed by atoms with Crippen molar-refractivity contribution in [2.45, 2.75) is 19.2 Å². The second kappa shape index (κ2) is 8.42. The van der Waals surface area contributed by atoms with Crippen LogP contribution in [0.25, 0.3) is 0 Å². The summed E-state index contributed by atoms with van der Waals surface area (Å²) in [7, 11) is 0. The molecule has 0 aliphatic carbocycles. The highest BCUT2D eigenvalue weighted by Gasteiger charge is 2.30. The quantitative estimate of drug-likeness (QED) is 0.405. The van der Waals surface area contributed by atoms with Crippen LogP contribution in [0.15, 0.2) is 41.4 Å². The maximum Gasteiger partial charge on any atom is 0.416 e. The molecule has 5 nitrogen and oxygen atoms in total. The van der Waals surface area contributed by atoms with E-state index in [1.165, 1.54) is 12.1 Å². The van der Waals surface area contributed by atoms with E-state index in [9.17, 15) is 18.3 Å². The number of hydrogen-bond donors (Lipinski definition) is 3. The number of aliphatic hydroxyl groups is 1. The average molecular weight is 331 g/mol. The fraction of sp³-hybridized carbons (Fsp3) is 0.400. The number of aliphatic imine (C=N–C) groups is 1. The number of ether oxygens (including phenoxy) is 1. The van der Waals surface area contributed by atoms with Gasteiger partial charge in [-0.1, -0.05) is 18.2 Å². The van der Waals surface area contributed by atoms with Gasteiger partial charge < -0.3 is 20.9 Å². The Morgan fingerprint density at radius 3 is 2.78 bits per heavy atom. The Hall–Kier alpha value is -2.22. The smallest absolute Gasteiger partial charge is 0.416 e. The lowest BCUT2D eigenvalue weighted by molar-refractivity contribution is -0.137. The van der Waals surface area contributed by atoms with E-state index < -0.39 is 17.8 Å². The molecule has 8 heteroatoms. The number of hydrogen-bond acceptors (Lipinski definition) is 3. The molecule has 1 rings (SSSR count). The highest BCUT2D eigenvalue weighted by Crippen LogP contribution is 2.31. The first kappa shape index (κ1) is 18.8. The Kier molecular flexibility index (Phi) is 6.89. The molecule has 0 saturated carbocycles. The minimum atomic E-state index is -4.44. The summed E-state index contributed by atoms with van der Waals surface area (Å²) in [6, 6.07) is 4.44. The van der Waals surface area contributed by atoms with Crippen molar-refractivity contribution in [3.05, 3.63) is 42.0 Å². The van der Waals surface area contributed by atoms with E-state index in [2.05, 4.69) is 16.9 Å². The first-order valence-electron chi connectivity index (χ1n) is 6.84. The van der Waals surface area contributed by atoms with Crippen molar-refractivity contribution in [3.8, 4) is 5.75 Å². The van der Waals surface area contributed by atoms with Gasteiger partial charge in [-0.05, 0) is 25.1 Å². The average Bonchev–Trinajstić information content (AvgIpc) is 2.48. The standard InChI is InChI=1S/C15H20F3N3O2/c1-10(2)7-20-14(19)21-8-12(22)9-23-13-5-3-4-11(6-13)15(16,17)18/h3-6,12,22H,1,7-9H2,2H3,(H3,19,20,21)/t12-/m1/s1. The molecule has 0 unspecified atom stereocenters. The topological polar surface area (TPSA) is 79.9 Å². The van der Waals surface area contributed by atoms with E-state index in [1.807, 2.05) is 6.92 Å². The zero-order valence-electron chi connectivity index (χ0n) is 12.7. The summed E-state index contributed by atoms with van der Waals surface area (Å²) >= 11 is 0. The first-order chi connectivity index (χ1) is 10.7. The summed E-state index contributed by atoms with van der Waals surface area (Å²) in [6.07, 6.45) is -5.43. The van der Waals surface area contributed by atoms with E-state index in [-0.39, 0.29) is 24.9 Å². The van der Waals surface area contributed by atoms with Gasteiger partial charge in [-0.3, -0.25) is 4.99 Å². The van der Waals surface area contributed by atoms with Crippen LogP contribution in [0.4, 0.5) is 13.2 Å². The highest BCUT2D eigenvalue weighted by atomic mass is 19.4. The van der Waals surface area contributed by atoms with E-state index in [0.717, 1.165) is 17.7 Å². The summed E-state index contributed by atoms with van der Waals surface area (Å²) in [6.45, 7) is 5.74. The number of aliphatic hydroxyl groups excluding tert-OH is 1. The molecule has 0 aromatic heterocycles. The molecule has 1 aromatic carbocycles. The lowest BCUT2D eigenvalue weighted by atomic mass is 10.2. The maximum absolute atomic E-state index is 12.6. The predicted molar refractivity (Wildman–Crippen MR) is 82.3 cm³/mol. The zero-order chi connectivity index (χ0) is 17.5. The predicted octanol–water partition coefficient (Wildman–Crippen LogP) is 1.93. The van der Waals surface area contributed by atoms with Crippen LogP contribution in [-0.2, 0) is 6.18 Å². The van der Waals surface area contributed by atoms with Gasteiger partial charge in [0.15, 0.2) is 5.96 Å². The van der Waals surface area contributed by atoms with Crippen molar-refractivity contribution in [2.75, 3.05) is 19.7 Å². The summed E-state index contributed by atoms with van der Waals surface area (Å²) in [5, 5.41) is 12.5. The fourth-order valence-corrected chi connectivity index (χ4v) is 1.51. The van der Waals surface area contributed by atoms with Crippen LogP contribution >= 0.6 is 0 Å². The Morgan fingerprint density at radius 1 is 1.48 bits per heavy atom. The molecule has 0 bridgehead atoms. The third kappa shape index (κ3) is 7.55. The number of guanidine groups is 1. The van der Waals surface area contributed by atoms with Crippen molar-refractivity contribution in [2.24, 2.45) is 10.7 Å². The van der Waals surface area contributed by atoms with Gasteiger partial charge in [-0.25, -0.2) is 0 Å². The molecule has 0 spiro atoms. The van der Waals surface area contributed by atoms with E-state index >= 15 is 0 Å². The summed E-state index contributed by atoms with van der Waals surface area (Å²) in [5.41, 5.74) is 5.63. The summed E-state index contributed by atoms with van der Waals surface area (Å²) in [5.74, 6) is 0.169. The van der Waals surface area contributed by atoms with Crippen LogP contribution in [0.5, 0.6) is 5.75 Å². The molecule has 0 saturated heterocycles. The van der Waals surface area contributed by atoms with Crippen molar-refractivity contribution >= 4 is 5.96 Å². The summed E-state index contributed by atoms with van der Waals surface area (Å²) in [4.78, 5) is 3.90. The third-order valence-corrected chi connectivity index (χ3v) is 2.65. The Morgan fingerprint density at radius 2 is 2.17 bits per heavy atom. The van der Waals surface area contributed by atoms with Crippen molar-refractivity contribution in [3.63, 3.8) is 0 Å². The number of halogens is 3. The molecule has 0 aliphatic heterocycles. The van der Waals surface area contributed by atoms with Gasteiger partial charge >= 0.3 is 6.18 Å². The number of nitrogens with zero attached hydrogens (tertiary/aromatic N) is 1. The molecule has 0 amide bonds. The molecule has 0 fully saturated rings. The molecular weight excluding hydrogens is 311 g/mol. The monoisotopic (exact) mass is 331 g/mol. The Bertz CT molecular complexity index is 559. The van der Waals surface area contributed by atoms with Gasteiger partial charge in [0.1, 0.15) is 18.5 Å². The lowest BCUT2D eigenvalue weighted by Gasteiger charge is -2.13. The zero-order valence-corrected chi connectivity index (χ0v) is 12.7. The molecule has 1 aromatic rings. The van der Waals surface area contributed by atoms with Crippen LogP contribution in [0.2, 0.25) is 0 Å². The van der Waals surface area contributed by atoms with Gasteiger partial charge in [0.2, 0.25) is 0 Å². The van der Waals surface area contributed by atoms with Crippen LogP contribution in [0, 0.1) is 0 Å². The molecule has 0 aliphatic rings. The largest absolute Gasteiger partial charge is 0.491 e. The Balaban J connectivity index is 2.46. The minimum absolute atomic E-state index is 0.0243. The second-order valence-electron chi connectivity index (χ2n) is 5.03. The molecule has 128 valence electrons. The summed E-state index contributed by atoms with van der Waals surface area (Å²) < 4.78 is 42.8. The van der Waals surface area contributed by atoms with Crippen molar-refractivity contribution in [1.82, 2.24) is 5.32 Å². The van der Waals surface area contributed by atoms with Crippen LogP contribution in [0.1, 0.15) is 12.5 Å². The molecule has 4 N–H and O–H groups in total. The number of rotatable bonds is 7. The molecule has 0 heterocycles. The maximum atomic E-state index is 12.6. The number of nitrogens with two attached hydrogens (primary N) is 1. The number of alkyl halides is 3. The molecule has 1 atom stereocenters. The molecular formula is C15H20F3N3O2. The van der Waals surface area contributed by atoms with Crippen molar-refractivity contribution in [1.29, 1.82) is 0 Å². The van der Waals surface area contributed by atoms with E-state index in [4.69, 9.17) is 10.5 Å². The second-order valence-corrected chi connectivity index (χ2v) is 5.03. The van der Waals surface area contributed by atoms with Crippen LogP contribution in [-0.4, -0.2) is 36.9 Å². The van der Waals surface area contributed by atoms with E-state index in [1.54, 1.807) is 0 Å². The van der Waals surface area contributed by atoms with Gasteiger partial charge in [0.05, 0.1) is 12.1 Å². The van der Waals surface area contributed by atoms with Crippen LogP contribution in [0.3, 0.4) is 0 Å². The fourth-order valence-electron chi connectivity index (χ4n) is 1.51. The third-order valence-electron chi connectivity index (χ3n) is 2.65. The van der Waals surface area contributed by atoms with Gasteiger partial charge in [-0.2, -0.15) is 13.2 Å². The lowest BCUT2D eigenvalue weighted by Crippen LogP contribution is -2.34. The van der Waals surface area contributed by atoms with Gasteiger partial charge in [0, 0.05) is 6.54 Å². The van der Waals surface area contributed by atoms with Gasteiger partial charge in [0.25, 0.3) is 0 Å². The SMILES string of the molecule is C=C(C)CNC(N)=NC[C@@H](O)COc1cccc(C(F)(F)F)c1. The van der Waals surface area contributed by atoms with Gasteiger partial charge in [-0.15, -0.1) is 0 Å². The minimum Gasteiger partial charge on any atom is -0.491 e. The normalized spacial score (nSPS) is 13.5.